The molecule has 0 spiro atoms. The van der Waals surface area contributed by atoms with E-state index < -0.39 is 26.1 Å². The van der Waals surface area contributed by atoms with Gasteiger partial charge in [-0.15, -0.1) is 0 Å². The first-order valence-corrected chi connectivity index (χ1v) is 11.7. The number of benzene rings is 2. The van der Waals surface area contributed by atoms with Crippen molar-refractivity contribution >= 4 is 18.7 Å². The number of aliphatic hydroxyl groups is 1. The van der Waals surface area contributed by atoms with Gasteiger partial charge in [0.2, 0.25) is 0 Å². The van der Waals surface area contributed by atoms with E-state index in [1.54, 1.807) is 6.92 Å². The standard InChI is InChI=1S/C22H29N3O2Si/c1-21(2,3)28(17-11-7-5-8-12-17,18-13-9-6-10-14-18)27-20-16-15-19(24-25-23)22(20,4)26/h5-14,19-20,26H,15-16H2,1-4H3/t19-,20-,22+/m1/s1. The lowest BCUT2D eigenvalue weighted by atomic mass is 9.99. The molecule has 28 heavy (non-hydrogen) atoms. The molecule has 1 aliphatic carbocycles. The van der Waals surface area contributed by atoms with Crippen molar-refractivity contribution in [2.24, 2.45) is 5.11 Å². The van der Waals surface area contributed by atoms with Crippen LogP contribution in [-0.2, 0) is 4.43 Å². The van der Waals surface area contributed by atoms with Crippen molar-refractivity contribution < 1.29 is 9.53 Å². The van der Waals surface area contributed by atoms with Crippen molar-refractivity contribution in [1.82, 2.24) is 0 Å². The second-order valence-corrected chi connectivity index (χ2v) is 13.0. The summed E-state index contributed by atoms with van der Waals surface area (Å²) >= 11 is 0. The molecule has 2 aromatic rings. The summed E-state index contributed by atoms with van der Waals surface area (Å²) in [5.41, 5.74) is 7.68. The summed E-state index contributed by atoms with van der Waals surface area (Å²) in [7, 11) is -2.75. The Morgan fingerprint density at radius 2 is 1.54 bits per heavy atom. The van der Waals surface area contributed by atoms with Crippen LogP contribution in [0.15, 0.2) is 65.8 Å². The summed E-state index contributed by atoms with van der Waals surface area (Å²) in [5.74, 6) is 0. The third-order valence-corrected chi connectivity index (χ3v) is 11.0. The molecule has 0 bridgehead atoms. The first-order valence-electron chi connectivity index (χ1n) is 9.79. The normalized spacial score (nSPS) is 25.3. The van der Waals surface area contributed by atoms with Gasteiger partial charge in [-0.2, -0.15) is 0 Å². The zero-order valence-electron chi connectivity index (χ0n) is 17.0. The minimum atomic E-state index is -2.75. The van der Waals surface area contributed by atoms with Gasteiger partial charge in [0.05, 0.1) is 17.7 Å². The maximum Gasteiger partial charge on any atom is 0.261 e. The van der Waals surface area contributed by atoms with Gasteiger partial charge in [0, 0.05) is 4.91 Å². The van der Waals surface area contributed by atoms with Gasteiger partial charge in [-0.25, -0.2) is 0 Å². The Kier molecular flexibility index (Phi) is 5.68. The van der Waals surface area contributed by atoms with Gasteiger partial charge in [0.25, 0.3) is 8.32 Å². The quantitative estimate of drug-likeness (QED) is 0.357. The van der Waals surface area contributed by atoms with Crippen LogP contribution >= 0.6 is 0 Å². The molecule has 0 aromatic heterocycles. The Labute approximate surface area is 168 Å². The topological polar surface area (TPSA) is 78.2 Å². The van der Waals surface area contributed by atoms with E-state index in [0.29, 0.717) is 12.8 Å². The zero-order valence-corrected chi connectivity index (χ0v) is 18.0. The van der Waals surface area contributed by atoms with Crippen LogP contribution in [0.5, 0.6) is 0 Å². The van der Waals surface area contributed by atoms with Gasteiger partial charge >= 0.3 is 0 Å². The molecule has 0 unspecified atom stereocenters. The van der Waals surface area contributed by atoms with Crippen LogP contribution in [-0.4, -0.2) is 31.2 Å². The van der Waals surface area contributed by atoms with E-state index >= 15 is 0 Å². The van der Waals surface area contributed by atoms with Crippen LogP contribution in [0, 0.1) is 0 Å². The van der Waals surface area contributed by atoms with Crippen LogP contribution in [0.4, 0.5) is 0 Å². The molecule has 0 saturated heterocycles. The molecule has 148 valence electrons. The van der Waals surface area contributed by atoms with Crippen molar-refractivity contribution in [3.8, 4) is 0 Å². The molecule has 3 rings (SSSR count). The van der Waals surface area contributed by atoms with Gasteiger partial charge < -0.3 is 9.53 Å². The minimum absolute atomic E-state index is 0.164. The van der Waals surface area contributed by atoms with Crippen LogP contribution in [0.25, 0.3) is 10.4 Å². The summed E-state index contributed by atoms with van der Waals surface area (Å²) in [6.45, 7) is 8.39. The number of hydrogen-bond acceptors (Lipinski definition) is 3. The van der Waals surface area contributed by atoms with E-state index in [1.165, 1.54) is 10.4 Å². The first-order chi connectivity index (χ1) is 13.2. The number of rotatable bonds is 5. The molecule has 2 aromatic carbocycles. The average Bonchev–Trinajstić information content (AvgIpc) is 2.94. The molecule has 1 aliphatic rings. The zero-order chi connectivity index (χ0) is 20.4. The fraction of sp³-hybridized carbons (Fsp3) is 0.455. The van der Waals surface area contributed by atoms with E-state index in [4.69, 9.17) is 9.96 Å². The van der Waals surface area contributed by atoms with E-state index in [2.05, 4.69) is 55.1 Å². The molecule has 1 saturated carbocycles. The largest absolute Gasteiger partial charge is 0.402 e. The van der Waals surface area contributed by atoms with E-state index in [0.717, 1.165) is 0 Å². The molecule has 0 amide bonds. The number of nitrogens with zero attached hydrogens (tertiary/aromatic N) is 3. The van der Waals surface area contributed by atoms with Gasteiger partial charge in [-0.1, -0.05) is 86.5 Å². The van der Waals surface area contributed by atoms with Crippen molar-refractivity contribution in [2.45, 2.75) is 63.3 Å². The predicted molar refractivity (Wildman–Crippen MR) is 115 cm³/mol. The van der Waals surface area contributed by atoms with E-state index in [9.17, 15) is 5.11 Å². The lowest BCUT2D eigenvalue weighted by Crippen LogP contribution is -2.69. The van der Waals surface area contributed by atoms with Gasteiger partial charge in [0.1, 0.15) is 0 Å². The fourth-order valence-corrected chi connectivity index (χ4v) is 9.23. The maximum atomic E-state index is 11.2. The number of hydrogen-bond donors (Lipinski definition) is 1. The molecule has 0 heterocycles. The highest BCUT2D eigenvalue weighted by Gasteiger charge is 2.56. The van der Waals surface area contributed by atoms with Gasteiger partial charge in [-0.3, -0.25) is 0 Å². The van der Waals surface area contributed by atoms with Crippen LogP contribution in [0.1, 0.15) is 40.5 Å². The fourth-order valence-electron chi connectivity index (χ4n) is 4.43. The Balaban J connectivity index is 2.16. The average molecular weight is 396 g/mol. The molecule has 0 radical (unpaired) electrons. The van der Waals surface area contributed by atoms with Crippen molar-refractivity contribution in [3.63, 3.8) is 0 Å². The molecule has 1 N–H and O–H groups in total. The third kappa shape index (κ3) is 3.49. The van der Waals surface area contributed by atoms with E-state index in [-0.39, 0.29) is 5.04 Å². The minimum Gasteiger partial charge on any atom is -0.402 e. The SMILES string of the molecule is CC(C)(C)[Si](O[C@@H]1CC[C@@H](N=[N+]=[N-])[C@]1(C)O)(c1ccccc1)c1ccccc1. The maximum absolute atomic E-state index is 11.2. The molecular formula is C22H29N3O2Si. The summed E-state index contributed by atoms with van der Waals surface area (Å²) in [6.07, 6.45) is 0.899. The second kappa shape index (κ2) is 7.72. The van der Waals surface area contributed by atoms with Gasteiger partial charge in [0.15, 0.2) is 0 Å². The lowest BCUT2D eigenvalue weighted by molar-refractivity contribution is -0.0390. The third-order valence-electron chi connectivity index (χ3n) is 5.96. The van der Waals surface area contributed by atoms with E-state index in [1.807, 2.05) is 36.4 Å². The molecule has 3 atom stereocenters. The smallest absolute Gasteiger partial charge is 0.261 e. The first kappa shape index (κ1) is 20.6. The van der Waals surface area contributed by atoms with Crippen molar-refractivity contribution in [3.05, 3.63) is 71.1 Å². The molecule has 1 fully saturated rings. The van der Waals surface area contributed by atoms with Crippen LogP contribution in [0.3, 0.4) is 0 Å². The van der Waals surface area contributed by atoms with Gasteiger partial charge in [-0.05, 0) is 40.7 Å². The highest BCUT2D eigenvalue weighted by molar-refractivity contribution is 6.99. The molecular weight excluding hydrogens is 366 g/mol. The molecule has 5 nitrogen and oxygen atoms in total. The second-order valence-electron chi connectivity index (χ2n) is 8.79. The predicted octanol–water partition coefficient (Wildman–Crippen LogP) is 4.16. The lowest BCUT2D eigenvalue weighted by Gasteiger charge is -2.46. The summed E-state index contributed by atoms with van der Waals surface area (Å²) in [4.78, 5) is 2.93. The molecule has 0 aliphatic heterocycles. The van der Waals surface area contributed by atoms with Crippen molar-refractivity contribution in [1.29, 1.82) is 0 Å². The summed E-state index contributed by atoms with van der Waals surface area (Å²) in [6, 6.07) is 20.3. The summed E-state index contributed by atoms with van der Waals surface area (Å²) < 4.78 is 7.03. The van der Waals surface area contributed by atoms with Crippen molar-refractivity contribution in [2.75, 3.05) is 0 Å². The van der Waals surface area contributed by atoms with Crippen LogP contribution in [0.2, 0.25) is 5.04 Å². The highest BCUT2D eigenvalue weighted by Crippen LogP contribution is 2.42. The number of azide groups is 1. The van der Waals surface area contributed by atoms with Crippen LogP contribution < -0.4 is 10.4 Å². The Morgan fingerprint density at radius 3 is 1.96 bits per heavy atom. The molecule has 6 heteroatoms. The highest BCUT2D eigenvalue weighted by atomic mass is 28.4. The monoisotopic (exact) mass is 395 g/mol. The summed E-state index contributed by atoms with van der Waals surface area (Å²) in [5, 5.41) is 17.2. The Hall–Kier alpha value is -2.11. The Bertz CT molecular complexity index is 804. The Morgan fingerprint density at radius 1 is 1.04 bits per heavy atom.